The number of carbonyl (C=O) groups excluding carboxylic acids is 2. The molecule has 4 aromatic rings. The number of nitrogens with one attached hydrogen (secondary N) is 3. The van der Waals surface area contributed by atoms with E-state index in [0.717, 1.165) is 16.3 Å². The number of amides is 2. The van der Waals surface area contributed by atoms with E-state index in [0.29, 0.717) is 17.1 Å². The predicted octanol–water partition coefficient (Wildman–Crippen LogP) is 3.68. The molecule has 7 heteroatoms. The number of hydrogen-bond donors (Lipinski definition) is 3. The Morgan fingerprint density at radius 3 is 2.48 bits per heavy atom. The van der Waals surface area contributed by atoms with Crippen LogP contribution >= 0.6 is 0 Å². The van der Waals surface area contributed by atoms with Crippen LogP contribution in [-0.4, -0.2) is 17.0 Å². The zero-order valence-electron chi connectivity index (χ0n) is 17.0. The molecule has 7 nitrogen and oxygen atoms in total. The lowest BCUT2D eigenvalue weighted by Gasteiger charge is -2.19. The summed E-state index contributed by atoms with van der Waals surface area (Å²) < 4.78 is 5.00. The summed E-state index contributed by atoms with van der Waals surface area (Å²) in [6, 6.07) is 23.7. The number of aromatic nitrogens is 1. The van der Waals surface area contributed by atoms with Crippen molar-refractivity contribution in [2.45, 2.75) is 19.4 Å². The lowest BCUT2D eigenvalue weighted by molar-refractivity contribution is -0.123. The van der Waals surface area contributed by atoms with Crippen LogP contribution in [0.2, 0.25) is 0 Å². The molecule has 0 aliphatic rings. The van der Waals surface area contributed by atoms with Crippen LogP contribution in [0, 0.1) is 6.92 Å². The summed E-state index contributed by atoms with van der Waals surface area (Å²) >= 11 is 0. The maximum Gasteiger partial charge on any atom is 0.249 e. The Morgan fingerprint density at radius 2 is 1.71 bits per heavy atom. The normalized spacial score (nSPS) is 11.8. The fourth-order valence-corrected chi connectivity index (χ4v) is 3.39. The second-order valence-electron chi connectivity index (χ2n) is 7.16. The fourth-order valence-electron chi connectivity index (χ4n) is 3.39. The van der Waals surface area contributed by atoms with Gasteiger partial charge >= 0.3 is 0 Å². The Labute approximate surface area is 179 Å². The van der Waals surface area contributed by atoms with Gasteiger partial charge in [-0.1, -0.05) is 78.0 Å². The zero-order chi connectivity index (χ0) is 21.6. The molecule has 0 saturated heterocycles. The van der Waals surface area contributed by atoms with Crippen molar-refractivity contribution in [2.75, 3.05) is 5.32 Å². The summed E-state index contributed by atoms with van der Waals surface area (Å²) in [5, 5.41) is 8.59. The SMILES string of the molecule is Cc1cc(NC(=O)[C@@H](NNC(=O)Cc2cccc3ccccc23)c2ccccc2)no1. The van der Waals surface area contributed by atoms with Crippen LogP contribution in [0.4, 0.5) is 5.82 Å². The number of aryl methyl sites for hydroxylation is 1. The standard InChI is InChI=1S/C24H22N4O3/c1-16-14-21(28-31-16)25-24(30)23(18-9-3-2-4-10-18)27-26-22(29)15-19-12-7-11-17-8-5-6-13-20(17)19/h2-14,23,27H,15H2,1H3,(H,26,29)(H,25,28,30)/t23-/m0/s1. The van der Waals surface area contributed by atoms with Crippen molar-refractivity contribution >= 4 is 28.4 Å². The Bertz CT molecular complexity index is 1200. The smallest absolute Gasteiger partial charge is 0.249 e. The summed E-state index contributed by atoms with van der Waals surface area (Å²) in [5.41, 5.74) is 7.15. The highest BCUT2D eigenvalue weighted by atomic mass is 16.5. The number of benzene rings is 3. The molecule has 0 bridgehead atoms. The summed E-state index contributed by atoms with van der Waals surface area (Å²) in [5.74, 6) is 0.280. The second-order valence-corrected chi connectivity index (χ2v) is 7.16. The van der Waals surface area contributed by atoms with Crippen LogP contribution in [-0.2, 0) is 16.0 Å². The first-order valence-electron chi connectivity index (χ1n) is 9.90. The molecule has 0 radical (unpaired) electrons. The van der Waals surface area contributed by atoms with E-state index in [-0.39, 0.29) is 18.2 Å². The molecule has 0 fully saturated rings. The molecule has 3 N–H and O–H groups in total. The highest BCUT2D eigenvalue weighted by Gasteiger charge is 2.22. The van der Waals surface area contributed by atoms with E-state index in [4.69, 9.17) is 4.52 Å². The van der Waals surface area contributed by atoms with Gasteiger partial charge < -0.3 is 9.84 Å². The molecule has 3 aromatic carbocycles. The van der Waals surface area contributed by atoms with Crippen molar-refractivity contribution in [2.24, 2.45) is 0 Å². The quantitative estimate of drug-likeness (QED) is 0.401. The van der Waals surface area contributed by atoms with Crippen molar-refractivity contribution in [3.8, 4) is 0 Å². The summed E-state index contributed by atoms with van der Waals surface area (Å²) in [6.07, 6.45) is 0.181. The van der Waals surface area contributed by atoms with Crippen LogP contribution < -0.4 is 16.2 Å². The van der Waals surface area contributed by atoms with Gasteiger partial charge in [0, 0.05) is 6.07 Å². The van der Waals surface area contributed by atoms with E-state index < -0.39 is 6.04 Å². The summed E-state index contributed by atoms with van der Waals surface area (Å²) in [6.45, 7) is 1.74. The van der Waals surface area contributed by atoms with Gasteiger partial charge in [-0.2, -0.15) is 0 Å². The molecule has 0 spiro atoms. The third kappa shape index (κ3) is 4.96. The molecule has 2 amide bonds. The molecule has 0 aliphatic heterocycles. The first-order valence-corrected chi connectivity index (χ1v) is 9.90. The van der Waals surface area contributed by atoms with E-state index in [1.807, 2.05) is 72.8 Å². The fraction of sp³-hybridized carbons (Fsp3) is 0.125. The first kappa shape index (κ1) is 20.3. The number of hydrazine groups is 1. The maximum absolute atomic E-state index is 12.9. The minimum Gasteiger partial charge on any atom is -0.360 e. The van der Waals surface area contributed by atoms with Crippen LogP contribution in [0.1, 0.15) is 22.9 Å². The molecule has 1 heterocycles. The van der Waals surface area contributed by atoms with Gasteiger partial charge in [0.2, 0.25) is 11.8 Å². The van der Waals surface area contributed by atoms with Gasteiger partial charge in [0.15, 0.2) is 5.82 Å². The van der Waals surface area contributed by atoms with E-state index >= 15 is 0 Å². The topological polar surface area (TPSA) is 96.3 Å². The Hall–Kier alpha value is -3.97. The average Bonchev–Trinajstić information content (AvgIpc) is 3.19. The molecule has 0 aliphatic carbocycles. The van der Waals surface area contributed by atoms with Crippen LogP contribution in [0.5, 0.6) is 0 Å². The van der Waals surface area contributed by atoms with Crippen molar-refractivity contribution in [1.82, 2.24) is 16.0 Å². The molecule has 0 unspecified atom stereocenters. The molecule has 156 valence electrons. The molecule has 1 aromatic heterocycles. The van der Waals surface area contributed by atoms with Gasteiger partial charge in [0.05, 0.1) is 6.42 Å². The number of hydrogen-bond acceptors (Lipinski definition) is 5. The van der Waals surface area contributed by atoms with Crippen LogP contribution in [0.3, 0.4) is 0 Å². The molecule has 4 rings (SSSR count). The van der Waals surface area contributed by atoms with Crippen LogP contribution in [0.25, 0.3) is 10.8 Å². The lowest BCUT2D eigenvalue weighted by atomic mass is 10.0. The minimum absolute atomic E-state index is 0.181. The van der Waals surface area contributed by atoms with Gasteiger partial charge in [-0.25, -0.2) is 5.43 Å². The van der Waals surface area contributed by atoms with Gasteiger partial charge in [0.25, 0.3) is 0 Å². The van der Waals surface area contributed by atoms with E-state index in [9.17, 15) is 9.59 Å². The molecular weight excluding hydrogens is 392 g/mol. The van der Waals surface area contributed by atoms with Gasteiger partial charge in [-0.05, 0) is 28.8 Å². The monoisotopic (exact) mass is 414 g/mol. The van der Waals surface area contributed by atoms with Crippen LogP contribution in [0.15, 0.2) is 83.4 Å². The Balaban J connectivity index is 1.46. The van der Waals surface area contributed by atoms with Crippen molar-refractivity contribution in [3.63, 3.8) is 0 Å². The van der Waals surface area contributed by atoms with Gasteiger partial charge in [0.1, 0.15) is 11.8 Å². The number of carbonyl (C=O) groups is 2. The predicted molar refractivity (Wildman–Crippen MR) is 118 cm³/mol. The van der Waals surface area contributed by atoms with Crippen molar-refractivity contribution in [3.05, 3.63) is 95.7 Å². The largest absolute Gasteiger partial charge is 0.360 e. The third-order valence-corrected chi connectivity index (χ3v) is 4.86. The molecule has 0 saturated carbocycles. The number of rotatable bonds is 7. The molecule has 31 heavy (non-hydrogen) atoms. The Kier molecular flexibility index (Phi) is 6.05. The number of anilines is 1. The minimum atomic E-state index is -0.810. The van der Waals surface area contributed by atoms with Crippen molar-refractivity contribution < 1.29 is 14.1 Å². The number of fused-ring (bicyclic) bond motifs is 1. The first-order chi connectivity index (χ1) is 15.1. The highest BCUT2D eigenvalue weighted by molar-refractivity contribution is 5.95. The van der Waals surface area contributed by atoms with Crippen molar-refractivity contribution in [1.29, 1.82) is 0 Å². The van der Waals surface area contributed by atoms with E-state index in [1.165, 1.54) is 0 Å². The number of nitrogens with zero attached hydrogens (tertiary/aromatic N) is 1. The molecule has 1 atom stereocenters. The van der Waals surface area contributed by atoms with Gasteiger partial charge in [-0.15, -0.1) is 0 Å². The summed E-state index contributed by atoms with van der Waals surface area (Å²) in [4.78, 5) is 25.5. The summed E-state index contributed by atoms with van der Waals surface area (Å²) in [7, 11) is 0. The molecular formula is C24H22N4O3. The van der Waals surface area contributed by atoms with E-state index in [2.05, 4.69) is 21.3 Å². The Morgan fingerprint density at radius 1 is 0.968 bits per heavy atom. The third-order valence-electron chi connectivity index (χ3n) is 4.86. The lowest BCUT2D eigenvalue weighted by Crippen LogP contribution is -2.45. The average molecular weight is 414 g/mol. The van der Waals surface area contributed by atoms with E-state index in [1.54, 1.807) is 13.0 Å². The zero-order valence-corrected chi connectivity index (χ0v) is 17.0. The second kappa shape index (κ2) is 9.23. The maximum atomic E-state index is 12.9. The highest BCUT2D eigenvalue weighted by Crippen LogP contribution is 2.19. The van der Waals surface area contributed by atoms with Gasteiger partial charge in [-0.3, -0.25) is 15.0 Å².